The van der Waals surface area contributed by atoms with Crippen LogP contribution in [0.1, 0.15) is 36.4 Å². The van der Waals surface area contributed by atoms with Crippen LogP contribution in [-0.4, -0.2) is 10.3 Å². The lowest BCUT2D eigenvalue weighted by Crippen LogP contribution is -2.09. The highest BCUT2D eigenvalue weighted by atomic mass is 32.2. The van der Waals surface area contributed by atoms with E-state index < -0.39 is 0 Å². The van der Waals surface area contributed by atoms with Gasteiger partial charge in [-0.1, -0.05) is 24.6 Å². The number of rotatable bonds is 4. The van der Waals surface area contributed by atoms with Crippen molar-refractivity contribution in [3.8, 4) is 0 Å². The third kappa shape index (κ3) is 3.28. The summed E-state index contributed by atoms with van der Waals surface area (Å²) in [5.74, 6) is 1.10. The molecule has 0 amide bonds. The minimum atomic E-state index is 0.246. The third-order valence-corrected chi connectivity index (χ3v) is 4.96. The molecule has 1 atom stereocenters. The van der Waals surface area contributed by atoms with Gasteiger partial charge in [0.1, 0.15) is 0 Å². The normalized spacial score (nSPS) is 18.6. The minimum Gasteiger partial charge on any atom is -0.353 e. The molecule has 1 aliphatic carbocycles. The monoisotopic (exact) mass is 286 g/mol. The number of aromatic nitrogens is 1. The third-order valence-electron chi connectivity index (χ3n) is 3.97. The molecule has 0 spiro atoms. The molecule has 20 heavy (non-hydrogen) atoms. The number of nitrogens with zero attached hydrogens (tertiary/aromatic N) is 1. The Morgan fingerprint density at radius 1 is 1.15 bits per heavy atom. The molecule has 1 heterocycles. The number of hydrogen-bond acceptors (Lipinski definition) is 2. The number of benzene rings is 1. The van der Waals surface area contributed by atoms with Gasteiger partial charge in [0, 0.05) is 35.6 Å². The first-order valence-electron chi connectivity index (χ1n) is 7.45. The maximum atomic E-state index is 6.26. The molecule has 0 aliphatic heterocycles. The fraction of sp³-hybridized carbons (Fsp3) is 0.412. The molecular formula is C17H22N2S. The van der Waals surface area contributed by atoms with Crippen molar-refractivity contribution in [1.29, 1.82) is 0 Å². The Labute approximate surface area is 125 Å². The number of fused-ring (bicyclic) bond motifs is 1. The van der Waals surface area contributed by atoms with Crippen molar-refractivity contribution in [3.63, 3.8) is 0 Å². The van der Waals surface area contributed by atoms with Gasteiger partial charge in [-0.05, 0) is 42.5 Å². The van der Waals surface area contributed by atoms with Gasteiger partial charge in [0.15, 0.2) is 0 Å². The second-order valence-corrected chi connectivity index (χ2v) is 6.66. The Morgan fingerprint density at radius 2 is 2.00 bits per heavy atom. The molecule has 0 saturated carbocycles. The van der Waals surface area contributed by atoms with Crippen LogP contribution in [-0.2, 0) is 13.0 Å². The maximum absolute atomic E-state index is 6.26. The van der Waals surface area contributed by atoms with Gasteiger partial charge in [0.05, 0.1) is 0 Å². The molecule has 0 radical (unpaired) electrons. The van der Waals surface area contributed by atoms with Crippen molar-refractivity contribution < 1.29 is 0 Å². The summed E-state index contributed by atoms with van der Waals surface area (Å²) in [6.07, 6.45) is 9.46. The zero-order valence-electron chi connectivity index (χ0n) is 11.8. The molecule has 1 aromatic heterocycles. The summed E-state index contributed by atoms with van der Waals surface area (Å²) in [4.78, 5) is 1.35. The van der Waals surface area contributed by atoms with Crippen LogP contribution in [0.4, 0.5) is 0 Å². The standard InChI is InChI=1S/C17H22N2S/c18-17-9-5-4-6-14-12-19(13-16(14)17)10-11-20-15-7-2-1-3-8-15/h1-3,7-8,12-13,17H,4-6,9-11,18H2. The van der Waals surface area contributed by atoms with Crippen molar-refractivity contribution in [3.05, 3.63) is 53.9 Å². The molecule has 106 valence electrons. The highest BCUT2D eigenvalue weighted by molar-refractivity contribution is 7.99. The molecule has 0 bridgehead atoms. The lowest BCUT2D eigenvalue weighted by atomic mass is 10.1. The Hall–Kier alpha value is -1.19. The summed E-state index contributed by atoms with van der Waals surface area (Å²) in [7, 11) is 0. The summed E-state index contributed by atoms with van der Waals surface area (Å²) in [5.41, 5.74) is 9.11. The highest BCUT2D eigenvalue weighted by Crippen LogP contribution is 2.28. The van der Waals surface area contributed by atoms with Gasteiger partial charge in [0.2, 0.25) is 0 Å². The van der Waals surface area contributed by atoms with Crippen molar-refractivity contribution in [2.75, 3.05) is 5.75 Å². The van der Waals surface area contributed by atoms with Crippen LogP contribution in [0.2, 0.25) is 0 Å². The average molecular weight is 286 g/mol. The largest absolute Gasteiger partial charge is 0.353 e. The SMILES string of the molecule is NC1CCCCc2cn(CCSc3ccccc3)cc21. The van der Waals surface area contributed by atoms with Gasteiger partial charge in [-0.3, -0.25) is 0 Å². The Morgan fingerprint density at radius 3 is 2.85 bits per heavy atom. The van der Waals surface area contributed by atoms with E-state index in [0.717, 1.165) is 18.7 Å². The van der Waals surface area contributed by atoms with E-state index in [4.69, 9.17) is 5.73 Å². The van der Waals surface area contributed by atoms with E-state index in [-0.39, 0.29) is 6.04 Å². The molecule has 2 nitrogen and oxygen atoms in total. The summed E-state index contributed by atoms with van der Waals surface area (Å²) in [6, 6.07) is 10.8. The van der Waals surface area contributed by atoms with Crippen LogP contribution in [0.3, 0.4) is 0 Å². The van der Waals surface area contributed by atoms with E-state index >= 15 is 0 Å². The smallest absolute Gasteiger partial charge is 0.0314 e. The topological polar surface area (TPSA) is 30.9 Å². The summed E-state index contributed by atoms with van der Waals surface area (Å²) < 4.78 is 2.33. The predicted octanol–water partition coefficient (Wildman–Crippen LogP) is 4.01. The minimum absolute atomic E-state index is 0.246. The van der Waals surface area contributed by atoms with Crippen LogP contribution in [0, 0.1) is 0 Å². The Kier molecular flexibility index (Phi) is 4.48. The molecule has 2 N–H and O–H groups in total. The average Bonchev–Trinajstić information content (AvgIpc) is 2.80. The molecule has 0 fully saturated rings. The summed E-state index contributed by atoms with van der Waals surface area (Å²) in [6.45, 7) is 1.05. The van der Waals surface area contributed by atoms with E-state index in [1.165, 1.54) is 35.3 Å². The molecule has 3 heteroatoms. The summed E-state index contributed by atoms with van der Waals surface area (Å²) >= 11 is 1.91. The quantitative estimate of drug-likeness (QED) is 0.680. The first-order chi connectivity index (χ1) is 9.83. The molecule has 1 aliphatic rings. The summed E-state index contributed by atoms with van der Waals surface area (Å²) in [5, 5.41) is 0. The van der Waals surface area contributed by atoms with Crippen LogP contribution >= 0.6 is 11.8 Å². The van der Waals surface area contributed by atoms with E-state index in [0.29, 0.717) is 0 Å². The van der Waals surface area contributed by atoms with Gasteiger partial charge < -0.3 is 10.3 Å². The van der Waals surface area contributed by atoms with Gasteiger partial charge in [-0.15, -0.1) is 11.8 Å². The zero-order valence-corrected chi connectivity index (χ0v) is 12.6. The lowest BCUT2D eigenvalue weighted by molar-refractivity contribution is 0.609. The molecule has 0 saturated heterocycles. The highest BCUT2D eigenvalue weighted by Gasteiger charge is 2.17. The van der Waals surface area contributed by atoms with Crippen molar-refractivity contribution in [2.24, 2.45) is 5.73 Å². The molecule has 2 aromatic rings. The van der Waals surface area contributed by atoms with Crippen molar-refractivity contribution in [1.82, 2.24) is 4.57 Å². The Bertz CT molecular complexity index is 547. The van der Waals surface area contributed by atoms with Crippen molar-refractivity contribution >= 4 is 11.8 Å². The van der Waals surface area contributed by atoms with Crippen LogP contribution in [0.5, 0.6) is 0 Å². The number of thioether (sulfide) groups is 1. The van der Waals surface area contributed by atoms with Crippen molar-refractivity contribution in [2.45, 2.75) is 43.2 Å². The van der Waals surface area contributed by atoms with Crippen LogP contribution in [0.25, 0.3) is 0 Å². The predicted molar refractivity (Wildman–Crippen MR) is 86.1 cm³/mol. The first kappa shape index (κ1) is 13.8. The van der Waals surface area contributed by atoms with Crippen LogP contribution in [0.15, 0.2) is 47.6 Å². The Balaban J connectivity index is 1.60. The maximum Gasteiger partial charge on any atom is 0.0314 e. The number of aryl methyl sites for hydroxylation is 2. The molecule has 3 rings (SSSR count). The number of nitrogens with two attached hydrogens (primary N) is 1. The van der Waals surface area contributed by atoms with E-state index in [9.17, 15) is 0 Å². The lowest BCUT2D eigenvalue weighted by Gasteiger charge is -2.07. The van der Waals surface area contributed by atoms with Gasteiger partial charge in [-0.25, -0.2) is 0 Å². The zero-order chi connectivity index (χ0) is 13.8. The fourth-order valence-electron chi connectivity index (χ4n) is 2.87. The molecule has 1 unspecified atom stereocenters. The van der Waals surface area contributed by atoms with Gasteiger partial charge in [-0.2, -0.15) is 0 Å². The van der Waals surface area contributed by atoms with E-state index in [2.05, 4.69) is 47.3 Å². The van der Waals surface area contributed by atoms with Gasteiger partial charge >= 0.3 is 0 Å². The van der Waals surface area contributed by atoms with Crippen LogP contribution < -0.4 is 5.73 Å². The molecule has 1 aromatic carbocycles. The second-order valence-electron chi connectivity index (χ2n) is 5.49. The van der Waals surface area contributed by atoms with E-state index in [1.807, 2.05) is 11.8 Å². The molecular weight excluding hydrogens is 264 g/mol. The van der Waals surface area contributed by atoms with Gasteiger partial charge in [0.25, 0.3) is 0 Å². The number of hydrogen-bond donors (Lipinski definition) is 1. The second kappa shape index (κ2) is 6.51. The fourth-order valence-corrected chi connectivity index (χ4v) is 3.75. The van der Waals surface area contributed by atoms with E-state index in [1.54, 1.807) is 0 Å². The first-order valence-corrected chi connectivity index (χ1v) is 8.43.